The number of halogens is 14. The average molecular weight is 478 g/mol. The third-order valence-electron chi connectivity index (χ3n) is 3.83. The van der Waals surface area contributed by atoms with E-state index in [1.807, 2.05) is 0 Å². The van der Waals surface area contributed by atoms with Gasteiger partial charge in [0.2, 0.25) is 0 Å². The molecule has 1 fully saturated rings. The molecule has 1 aliphatic heterocycles. The Morgan fingerprint density at radius 3 is 1.07 bits per heavy atom. The van der Waals surface area contributed by atoms with E-state index in [2.05, 4.69) is 9.05 Å². The van der Waals surface area contributed by atoms with Gasteiger partial charge in [-0.15, -0.1) is 0 Å². The van der Waals surface area contributed by atoms with Gasteiger partial charge in [-0.05, 0) is 0 Å². The van der Waals surface area contributed by atoms with Crippen LogP contribution < -0.4 is 5.30 Å². The van der Waals surface area contributed by atoms with Crippen molar-refractivity contribution in [1.82, 2.24) is 0 Å². The third kappa shape index (κ3) is 2.97. The molecule has 2 nitrogen and oxygen atoms in total. The van der Waals surface area contributed by atoms with Crippen LogP contribution in [0.3, 0.4) is 0 Å². The van der Waals surface area contributed by atoms with E-state index in [4.69, 9.17) is 0 Å². The SMILES string of the molecule is FC(F)(F)C1(C(F)(F)F)OP(F)(F)(c2ccccc2)OC1(C(F)(F)F)C(F)(F)F. The van der Waals surface area contributed by atoms with Crippen LogP contribution in [0.25, 0.3) is 0 Å². The summed E-state index contributed by atoms with van der Waals surface area (Å²) in [6.07, 6.45) is -30.8. The third-order valence-corrected chi connectivity index (χ3v) is 6.10. The maximum atomic E-state index is 14.9. The number of benzene rings is 1. The van der Waals surface area contributed by atoms with Crippen molar-refractivity contribution >= 4 is 13.0 Å². The van der Waals surface area contributed by atoms with Gasteiger partial charge in [-0.2, -0.15) is 0 Å². The molecule has 0 atom stereocenters. The van der Waals surface area contributed by atoms with Crippen LogP contribution in [-0.4, -0.2) is 35.9 Å². The topological polar surface area (TPSA) is 18.5 Å². The summed E-state index contributed by atoms with van der Waals surface area (Å²) in [5, 5.41) is -2.15. The summed E-state index contributed by atoms with van der Waals surface area (Å²) in [7, 11) is -9.06. The number of rotatable bonds is 1. The molecule has 2 rings (SSSR count). The Balaban J connectivity index is 3.11. The summed E-state index contributed by atoms with van der Waals surface area (Å²) in [4.78, 5) is 0. The monoisotopic (exact) mass is 478 g/mol. The van der Waals surface area contributed by atoms with Gasteiger partial charge in [0.1, 0.15) is 0 Å². The predicted molar refractivity (Wildman–Crippen MR) is 67.1 cm³/mol. The van der Waals surface area contributed by atoms with E-state index in [1.54, 1.807) is 0 Å². The summed E-state index contributed by atoms with van der Waals surface area (Å²) >= 11 is 0. The number of hydrogen-bond donors (Lipinski definition) is 0. The molecule has 0 bridgehead atoms. The Hall–Kier alpha value is -1.41. The van der Waals surface area contributed by atoms with Crippen molar-refractivity contribution in [1.29, 1.82) is 0 Å². The number of hydrogen-bond acceptors (Lipinski definition) is 2. The van der Waals surface area contributed by atoms with E-state index >= 15 is 0 Å². The van der Waals surface area contributed by atoms with Gasteiger partial charge in [0.25, 0.3) is 0 Å². The summed E-state index contributed by atoms with van der Waals surface area (Å²) in [6, 6.07) is 1.79. The molecular formula is C12H5F14O2P. The first-order chi connectivity index (χ1) is 12.6. The first-order valence-corrected chi connectivity index (χ1v) is 8.62. The van der Waals surface area contributed by atoms with Gasteiger partial charge in [0, 0.05) is 0 Å². The minimum atomic E-state index is -9.06. The molecule has 1 aliphatic rings. The van der Waals surface area contributed by atoms with Crippen molar-refractivity contribution in [3.05, 3.63) is 30.3 Å². The first-order valence-electron chi connectivity index (χ1n) is 6.76. The molecule has 168 valence electrons. The maximum absolute atomic E-state index is 14.9. The van der Waals surface area contributed by atoms with Gasteiger partial charge in [0.15, 0.2) is 0 Å². The Morgan fingerprint density at radius 1 is 0.552 bits per heavy atom. The van der Waals surface area contributed by atoms with Crippen LogP contribution in [0.4, 0.5) is 61.1 Å². The van der Waals surface area contributed by atoms with Crippen molar-refractivity contribution in [3.8, 4) is 0 Å². The Bertz CT molecular complexity index is 703. The van der Waals surface area contributed by atoms with Gasteiger partial charge in [-0.25, -0.2) is 0 Å². The summed E-state index contributed by atoms with van der Waals surface area (Å²) in [6.45, 7) is 0. The van der Waals surface area contributed by atoms with E-state index in [1.165, 1.54) is 0 Å². The molecule has 1 saturated heterocycles. The van der Waals surface area contributed by atoms with E-state index in [-0.39, 0.29) is 12.1 Å². The number of alkyl halides is 12. The van der Waals surface area contributed by atoms with Crippen molar-refractivity contribution in [2.45, 2.75) is 35.9 Å². The minimum absolute atomic E-state index is 0.0296. The summed E-state index contributed by atoms with van der Waals surface area (Å²) in [5.74, 6) is 0. The molecule has 17 heteroatoms. The van der Waals surface area contributed by atoms with E-state index < -0.39 is 48.9 Å². The zero-order valence-corrected chi connectivity index (χ0v) is 13.8. The van der Waals surface area contributed by atoms with Gasteiger partial charge in [-0.1, -0.05) is 0 Å². The second-order valence-corrected chi connectivity index (χ2v) is 8.05. The summed E-state index contributed by atoms with van der Waals surface area (Å²) < 4.78 is 194. The fraction of sp³-hybridized carbons (Fsp3) is 0.500. The second-order valence-electron chi connectivity index (χ2n) is 5.64. The van der Waals surface area contributed by atoms with Crippen LogP contribution in [-0.2, 0) is 9.05 Å². The molecule has 0 N–H and O–H groups in total. The fourth-order valence-corrected chi connectivity index (χ4v) is 5.17. The van der Waals surface area contributed by atoms with Crippen molar-refractivity contribution in [3.63, 3.8) is 0 Å². The zero-order chi connectivity index (χ0) is 23.0. The Labute approximate surface area is 150 Å². The van der Waals surface area contributed by atoms with Crippen molar-refractivity contribution < 1.29 is 70.1 Å². The standard InChI is InChI=1S/C12H5F14O2P/c13-9(14,15)7(10(16,17)18)8(11(19,20)21,12(22,23)24)28-29(25,26,27-7)6-4-2-1-3-5-6/h1-5H. The van der Waals surface area contributed by atoms with E-state index in [0.29, 0.717) is 12.1 Å². The van der Waals surface area contributed by atoms with Gasteiger partial charge < -0.3 is 0 Å². The van der Waals surface area contributed by atoms with E-state index in [0.717, 1.165) is 6.07 Å². The molecular weight excluding hydrogens is 473 g/mol. The molecule has 1 heterocycles. The Morgan fingerprint density at radius 2 is 0.828 bits per heavy atom. The van der Waals surface area contributed by atoms with Gasteiger partial charge >= 0.3 is 149 Å². The molecule has 1 aromatic rings. The van der Waals surface area contributed by atoms with Crippen molar-refractivity contribution in [2.75, 3.05) is 0 Å². The van der Waals surface area contributed by atoms with E-state index in [9.17, 15) is 61.1 Å². The molecule has 29 heavy (non-hydrogen) atoms. The molecule has 0 saturated carbocycles. The fourth-order valence-electron chi connectivity index (χ4n) is 2.70. The normalized spacial score (nSPS) is 25.2. The molecule has 0 aromatic heterocycles. The predicted octanol–water partition coefficient (Wildman–Crippen LogP) is 6.24. The molecule has 0 radical (unpaired) electrons. The molecule has 0 aliphatic carbocycles. The average Bonchev–Trinajstić information content (AvgIpc) is 2.76. The van der Waals surface area contributed by atoms with Gasteiger partial charge in [0.05, 0.1) is 0 Å². The van der Waals surface area contributed by atoms with Crippen molar-refractivity contribution in [2.24, 2.45) is 0 Å². The molecule has 0 unspecified atom stereocenters. The second kappa shape index (κ2) is 5.84. The van der Waals surface area contributed by atoms with Crippen LogP contribution in [0, 0.1) is 0 Å². The molecule has 1 aromatic carbocycles. The van der Waals surface area contributed by atoms with Crippen LogP contribution in [0.5, 0.6) is 0 Å². The molecule has 0 amide bonds. The Kier molecular flexibility index (Phi) is 4.81. The van der Waals surface area contributed by atoms with Crippen LogP contribution in [0.1, 0.15) is 0 Å². The van der Waals surface area contributed by atoms with Crippen LogP contribution >= 0.6 is 7.68 Å². The molecule has 0 spiro atoms. The first kappa shape index (κ1) is 23.9. The summed E-state index contributed by atoms with van der Waals surface area (Å²) in [5.41, 5.74) is -15.0. The van der Waals surface area contributed by atoms with Gasteiger partial charge in [-0.3, -0.25) is 0 Å². The quantitative estimate of drug-likeness (QED) is 0.352. The van der Waals surface area contributed by atoms with Crippen LogP contribution in [0.2, 0.25) is 0 Å². The van der Waals surface area contributed by atoms with Crippen LogP contribution in [0.15, 0.2) is 30.3 Å². The zero-order valence-electron chi connectivity index (χ0n) is 12.9.